The van der Waals surface area contributed by atoms with E-state index in [0.717, 1.165) is 19.4 Å². The van der Waals surface area contributed by atoms with Gasteiger partial charge in [0.25, 0.3) is 0 Å². The number of nitrogens with one attached hydrogen (secondary N) is 2. The largest absolute Gasteiger partial charge is 0.377 e. The molecular formula is C16H32N2O2. The van der Waals surface area contributed by atoms with Gasteiger partial charge in [-0.15, -0.1) is 0 Å². The molecule has 0 spiro atoms. The van der Waals surface area contributed by atoms with Crippen molar-refractivity contribution in [2.24, 2.45) is 0 Å². The molecule has 4 nitrogen and oxygen atoms in total. The zero-order valence-electron chi connectivity index (χ0n) is 13.4. The molecule has 2 unspecified atom stereocenters. The van der Waals surface area contributed by atoms with Crippen LogP contribution in [0.2, 0.25) is 0 Å². The Balaban J connectivity index is 2.06. The molecule has 1 fully saturated rings. The van der Waals surface area contributed by atoms with E-state index in [-0.39, 0.29) is 18.0 Å². The molecule has 1 rings (SSSR count). The van der Waals surface area contributed by atoms with E-state index in [1.807, 2.05) is 6.92 Å². The van der Waals surface area contributed by atoms with E-state index in [1.165, 1.54) is 32.1 Å². The van der Waals surface area contributed by atoms with Crippen LogP contribution < -0.4 is 10.6 Å². The van der Waals surface area contributed by atoms with Crippen molar-refractivity contribution < 1.29 is 9.53 Å². The molecular weight excluding hydrogens is 252 g/mol. The summed E-state index contributed by atoms with van der Waals surface area (Å²) in [4.78, 5) is 11.9. The fourth-order valence-corrected chi connectivity index (χ4v) is 2.70. The molecule has 0 radical (unpaired) electrons. The maximum absolute atomic E-state index is 11.9. The molecule has 118 valence electrons. The summed E-state index contributed by atoms with van der Waals surface area (Å²) in [6.07, 6.45) is 8.92. The zero-order chi connectivity index (χ0) is 14.8. The predicted molar refractivity (Wildman–Crippen MR) is 82.8 cm³/mol. The predicted octanol–water partition coefficient (Wildman–Crippen LogP) is 2.62. The van der Waals surface area contributed by atoms with E-state index in [9.17, 15) is 4.79 Å². The maximum Gasteiger partial charge on any atom is 0.237 e. The van der Waals surface area contributed by atoms with Gasteiger partial charge in [-0.05, 0) is 33.1 Å². The van der Waals surface area contributed by atoms with Crippen LogP contribution in [-0.2, 0) is 9.53 Å². The molecule has 2 atom stereocenters. The lowest BCUT2D eigenvalue weighted by molar-refractivity contribution is -0.123. The second-order valence-electron chi connectivity index (χ2n) is 6.00. The van der Waals surface area contributed by atoms with E-state index in [4.69, 9.17) is 4.74 Å². The molecule has 0 heterocycles. The molecule has 4 heteroatoms. The van der Waals surface area contributed by atoms with Crippen molar-refractivity contribution in [2.75, 3.05) is 13.2 Å². The minimum atomic E-state index is -0.149. The third-order valence-electron chi connectivity index (χ3n) is 3.96. The Hall–Kier alpha value is -0.610. The summed E-state index contributed by atoms with van der Waals surface area (Å²) in [5, 5.41) is 6.26. The Morgan fingerprint density at radius 3 is 2.60 bits per heavy atom. The monoisotopic (exact) mass is 284 g/mol. The standard InChI is InChI=1S/C16H32N2O2/c1-4-8-13(2)18-16(19)14(3)17-11-12-20-15-9-6-5-7-10-15/h13-15,17H,4-12H2,1-3H3,(H,18,19). The normalized spacial score (nSPS) is 19.6. The highest BCUT2D eigenvalue weighted by Crippen LogP contribution is 2.19. The minimum Gasteiger partial charge on any atom is -0.377 e. The van der Waals surface area contributed by atoms with Crippen LogP contribution in [0.25, 0.3) is 0 Å². The summed E-state index contributed by atoms with van der Waals surface area (Å²) in [7, 11) is 0. The van der Waals surface area contributed by atoms with E-state index in [2.05, 4.69) is 24.5 Å². The van der Waals surface area contributed by atoms with E-state index >= 15 is 0 Å². The number of rotatable bonds is 9. The Morgan fingerprint density at radius 2 is 1.95 bits per heavy atom. The van der Waals surface area contributed by atoms with Crippen LogP contribution in [0, 0.1) is 0 Å². The third kappa shape index (κ3) is 7.25. The second kappa shape index (κ2) is 10.2. The van der Waals surface area contributed by atoms with Gasteiger partial charge in [0.05, 0.1) is 18.8 Å². The van der Waals surface area contributed by atoms with Crippen LogP contribution in [-0.4, -0.2) is 37.2 Å². The third-order valence-corrected chi connectivity index (χ3v) is 3.96. The zero-order valence-corrected chi connectivity index (χ0v) is 13.4. The van der Waals surface area contributed by atoms with Crippen molar-refractivity contribution in [3.05, 3.63) is 0 Å². The summed E-state index contributed by atoms with van der Waals surface area (Å²) in [6.45, 7) is 7.54. The van der Waals surface area contributed by atoms with Gasteiger partial charge in [0.1, 0.15) is 0 Å². The maximum atomic E-state index is 11.9. The second-order valence-corrected chi connectivity index (χ2v) is 6.00. The van der Waals surface area contributed by atoms with E-state index < -0.39 is 0 Å². The van der Waals surface area contributed by atoms with E-state index in [1.54, 1.807) is 0 Å². The molecule has 2 N–H and O–H groups in total. The lowest BCUT2D eigenvalue weighted by atomic mass is 9.98. The molecule has 1 saturated carbocycles. The molecule has 0 aliphatic heterocycles. The highest BCUT2D eigenvalue weighted by atomic mass is 16.5. The molecule has 0 aromatic rings. The summed E-state index contributed by atoms with van der Waals surface area (Å²) >= 11 is 0. The van der Waals surface area contributed by atoms with Crippen LogP contribution in [0.1, 0.15) is 65.7 Å². The van der Waals surface area contributed by atoms with Crippen LogP contribution in [0.5, 0.6) is 0 Å². The number of ether oxygens (including phenoxy) is 1. The van der Waals surface area contributed by atoms with Gasteiger partial charge in [0.2, 0.25) is 5.91 Å². The average molecular weight is 284 g/mol. The van der Waals surface area contributed by atoms with Crippen molar-refractivity contribution in [3.8, 4) is 0 Å². The SMILES string of the molecule is CCCC(C)NC(=O)C(C)NCCOC1CCCCC1. The molecule has 1 aliphatic carbocycles. The van der Waals surface area contributed by atoms with Crippen molar-refractivity contribution in [1.29, 1.82) is 0 Å². The summed E-state index contributed by atoms with van der Waals surface area (Å²) in [5.74, 6) is 0.0867. The highest BCUT2D eigenvalue weighted by Gasteiger charge is 2.15. The Morgan fingerprint density at radius 1 is 1.25 bits per heavy atom. The lowest BCUT2D eigenvalue weighted by Gasteiger charge is -2.23. The van der Waals surface area contributed by atoms with Crippen LogP contribution in [0.4, 0.5) is 0 Å². The molecule has 1 aliphatic rings. The van der Waals surface area contributed by atoms with Crippen molar-refractivity contribution in [1.82, 2.24) is 10.6 Å². The van der Waals surface area contributed by atoms with Gasteiger partial charge in [0, 0.05) is 12.6 Å². The average Bonchev–Trinajstić information content (AvgIpc) is 2.44. The van der Waals surface area contributed by atoms with Gasteiger partial charge in [-0.25, -0.2) is 0 Å². The van der Waals surface area contributed by atoms with Crippen LogP contribution in [0.3, 0.4) is 0 Å². The van der Waals surface area contributed by atoms with Gasteiger partial charge in [-0.2, -0.15) is 0 Å². The smallest absolute Gasteiger partial charge is 0.237 e. The van der Waals surface area contributed by atoms with Crippen LogP contribution >= 0.6 is 0 Å². The van der Waals surface area contributed by atoms with Gasteiger partial charge in [0.15, 0.2) is 0 Å². The Kier molecular flexibility index (Phi) is 8.86. The number of carbonyl (C=O) groups is 1. The fraction of sp³-hybridized carbons (Fsp3) is 0.938. The molecule has 1 amide bonds. The summed E-state index contributed by atoms with van der Waals surface area (Å²) in [5.41, 5.74) is 0. The first-order valence-corrected chi connectivity index (χ1v) is 8.28. The fourth-order valence-electron chi connectivity index (χ4n) is 2.70. The first-order valence-electron chi connectivity index (χ1n) is 8.28. The number of carbonyl (C=O) groups excluding carboxylic acids is 1. The van der Waals surface area contributed by atoms with Gasteiger partial charge in [-0.3, -0.25) is 4.79 Å². The molecule has 0 saturated heterocycles. The quantitative estimate of drug-likeness (QED) is 0.640. The topological polar surface area (TPSA) is 50.4 Å². The van der Waals surface area contributed by atoms with Gasteiger partial charge >= 0.3 is 0 Å². The summed E-state index contributed by atoms with van der Waals surface area (Å²) in [6, 6.07) is 0.111. The molecule has 0 aromatic heterocycles. The number of hydrogen-bond acceptors (Lipinski definition) is 3. The van der Waals surface area contributed by atoms with Crippen molar-refractivity contribution >= 4 is 5.91 Å². The lowest BCUT2D eigenvalue weighted by Crippen LogP contribution is -2.46. The van der Waals surface area contributed by atoms with Crippen molar-refractivity contribution in [2.45, 2.75) is 83.9 Å². The molecule has 0 aromatic carbocycles. The van der Waals surface area contributed by atoms with E-state index in [0.29, 0.717) is 12.7 Å². The van der Waals surface area contributed by atoms with Crippen molar-refractivity contribution in [3.63, 3.8) is 0 Å². The first kappa shape index (κ1) is 17.4. The number of hydrogen-bond donors (Lipinski definition) is 2. The van der Waals surface area contributed by atoms with Crippen LogP contribution in [0.15, 0.2) is 0 Å². The minimum absolute atomic E-state index is 0.0867. The van der Waals surface area contributed by atoms with Gasteiger partial charge in [-0.1, -0.05) is 32.6 Å². The first-order chi connectivity index (χ1) is 9.63. The van der Waals surface area contributed by atoms with Gasteiger partial charge < -0.3 is 15.4 Å². The number of amides is 1. The highest BCUT2D eigenvalue weighted by molar-refractivity contribution is 5.81. The molecule has 20 heavy (non-hydrogen) atoms. The summed E-state index contributed by atoms with van der Waals surface area (Å²) < 4.78 is 5.84. The Bertz CT molecular complexity index is 265. The Labute approximate surface area is 124 Å². The molecule has 0 bridgehead atoms.